The number of benzene rings is 4. The van der Waals surface area contributed by atoms with Crippen molar-refractivity contribution in [2.45, 2.75) is 13.2 Å². The van der Waals surface area contributed by atoms with Crippen molar-refractivity contribution in [3.05, 3.63) is 130 Å². The Bertz CT molecular complexity index is 1450. The summed E-state index contributed by atoms with van der Waals surface area (Å²) in [7, 11) is 0. The van der Waals surface area contributed by atoms with Gasteiger partial charge in [-0.2, -0.15) is 5.26 Å². The molecule has 0 heterocycles. The maximum Gasteiger partial charge on any atom is 0.266 e. The van der Waals surface area contributed by atoms with Crippen LogP contribution in [-0.2, 0) is 18.0 Å². The monoisotopic (exact) mass is 556 g/mol. The van der Waals surface area contributed by atoms with Gasteiger partial charge in [-0.05, 0) is 60.2 Å². The summed E-state index contributed by atoms with van der Waals surface area (Å²) in [6.45, 7) is 0.434. The van der Waals surface area contributed by atoms with E-state index in [4.69, 9.17) is 9.47 Å². The van der Waals surface area contributed by atoms with E-state index in [0.29, 0.717) is 34.9 Å². The molecule has 0 saturated carbocycles. The van der Waals surface area contributed by atoms with E-state index in [0.717, 1.165) is 10.0 Å². The van der Waals surface area contributed by atoms with E-state index >= 15 is 0 Å². The maximum atomic E-state index is 14.0. The van der Waals surface area contributed by atoms with Crippen LogP contribution in [-0.4, -0.2) is 5.91 Å². The van der Waals surface area contributed by atoms with Crippen LogP contribution in [0.25, 0.3) is 6.08 Å². The number of rotatable bonds is 9. The van der Waals surface area contributed by atoms with E-state index in [1.54, 1.807) is 60.7 Å². The van der Waals surface area contributed by atoms with Crippen molar-refractivity contribution in [2.75, 3.05) is 5.32 Å². The number of hydrogen-bond donors (Lipinski definition) is 1. The van der Waals surface area contributed by atoms with Gasteiger partial charge < -0.3 is 14.8 Å². The summed E-state index contributed by atoms with van der Waals surface area (Å²) < 4.78 is 26.3. The Morgan fingerprint density at radius 2 is 1.65 bits per heavy atom. The molecule has 0 fully saturated rings. The lowest BCUT2D eigenvalue weighted by Gasteiger charge is -2.11. The largest absolute Gasteiger partial charge is 0.489 e. The van der Waals surface area contributed by atoms with Crippen molar-refractivity contribution >= 4 is 33.6 Å². The smallest absolute Gasteiger partial charge is 0.266 e. The van der Waals surface area contributed by atoms with Crippen molar-refractivity contribution in [3.63, 3.8) is 0 Å². The third kappa shape index (κ3) is 7.29. The van der Waals surface area contributed by atoms with E-state index in [2.05, 4.69) is 21.2 Å². The fraction of sp³-hybridized carbons (Fsp3) is 0.0667. The molecule has 37 heavy (non-hydrogen) atoms. The van der Waals surface area contributed by atoms with Gasteiger partial charge in [0.05, 0.1) is 0 Å². The van der Waals surface area contributed by atoms with Crippen molar-refractivity contribution in [2.24, 2.45) is 0 Å². The Morgan fingerprint density at radius 3 is 2.38 bits per heavy atom. The van der Waals surface area contributed by atoms with Gasteiger partial charge in [-0.3, -0.25) is 4.79 Å². The third-order valence-corrected chi connectivity index (χ3v) is 5.83. The lowest BCUT2D eigenvalue weighted by molar-refractivity contribution is -0.112. The molecule has 0 aliphatic heterocycles. The van der Waals surface area contributed by atoms with Crippen molar-refractivity contribution in [1.82, 2.24) is 0 Å². The summed E-state index contributed by atoms with van der Waals surface area (Å²) >= 11 is 3.40. The molecule has 0 spiro atoms. The van der Waals surface area contributed by atoms with Gasteiger partial charge in [0, 0.05) is 21.3 Å². The van der Waals surface area contributed by atoms with E-state index in [1.165, 1.54) is 12.1 Å². The number of amides is 1. The number of ether oxygens (including phenoxy) is 2. The van der Waals surface area contributed by atoms with Crippen LogP contribution < -0.4 is 14.8 Å². The minimum absolute atomic E-state index is 0.00191. The summed E-state index contributed by atoms with van der Waals surface area (Å²) in [5, 5.41) is 12.4. The van der Waals surface area contributed by atoms with Crippen LogP contribution in [0, 0.1) is 17.1 Å². The van der Waals surface area contributed by atoms with Gasteiger partial charge >= 0.3 is 0 Å². The number of hydrogen-bond acceptors (Lipinski definition) is 4. The normalized spacial score (nSPS) is 10.9. The first kappa shape index (κ1) is 25.7. The van der Waals surface area contributed by atoms with Gasteiger partial charge in [0.2, 0.25) is 0 Å². The summed E-state index contributed by atoms with van der Waals surface area (Å²) in [5.74, 6) is 0.126. The molecular weight excluding hydrogens is 535 g/mol. The highest BCUT2D eigenvalue weighted by Crippen LogP contribution is 2.27. The molecule has 5 nitrogen and oxygen atoms in total. The number of carbonyl (C=O) groups excluding carboxylic acids is 1. The van der Waals surface area contributed by atoms with Crippen LogP contribution >= 0.6 is 15.9 Å². The van der Waals surface area contributed by atoms with Crippen molar-refractivity contribution in [3.8, 4) is 17.6 Å². The first-order valence-electron chi connectivity index (χ1n) is 11.4. The predicted octanol–water partition coefficient (Wildman–Crippen LogP) is 7.29. The molecule has 4 rings (SSSR count). The zero-order valence-electron chi connectivity index (χ0n) is 19.7. The maximum absolute atomic E-state index is 14.0. The SMILES string of the molecule is N#C/C(=C\c1cc(Br)ccc1OCc1ccccc1F)C(=O)Nc1ccc(OCc2ccccc2)cc1. The van der Waals surface area contributed by atoms with Crippen molar-refractivity contribution < 1.29 is 18.7 Å². The van der Waals surface area contributed by atoms with Gasteiger partial charge in [-0.15, -0.1) is 0 Å². The predicted molar refractivity (Wildman–Crippen MR) is 144 cm³/mol. The fourth-order valence-electron chi connectivity index (χ4n) is 3.41. The van der Waals surface area contributed by atoms with E-state index < -0.39 is 5.91 Å². The molecule has 0 unspecified atom stereocenters. The molecule has 0 radical (unpaired) electrons. The molecule has 0 atom stereocenters. The van der Waals surface area contributed by atoms with Gasteiger partial charge in [0.15, 0.2) is 0 Å². The average molecular weight is 557 g/mol. The average Bonchev–Trinajstić information content (AvgIpc) is 2.92. The Labute approximate surface area is 222 Å². The van der Waals surface area contributed by atoms with Crippen LogP contribution in [0.4, 0.5) is 10.1 Å². The number of nitrogens with zero attached hydrogens (tertiary/aromatic N) is 1. The first-order chi connectivity index (χ1) is 18.0. The molecule has 0 aromatic heterocycles. The molecule has 0 aliphatic carbocycles. The van der Waals surface area contributed by atoms with Gasteiger partial charge in [0.1, 0.15) is 42.2 Å². The third-order valence-electron chi connectivity index (χ3n) is 5.34. The number of anilines is 1. The number of nitriles is 1. The van der Waals surface area contributed by atoms with Gasteiger partial charge in [0.25, 0.3) is 5.91 Å². The zero-order chi connectivity index (χ0) is 26.0. The Balaban J connectivity index is 1.44. The molecule has 4 aromatic rings. The first-order valence-corrected chi connectivity index (χ1v) is 12.2. The van der Waals surface area contributed by atoms with E-state index in [-0.39, 0.29) is 18.0 Å². The summed E-state index contributed by atoms with van der Waals surface area (Å²) in [6.07, 6.45) is 1.44. The number of halogens is 2. The molecule has 1 amide bonds. The number of nitrogens with one attached hydrogen (secondary N) is 1. The molecule has 184 valence electrons. The van der Waals surface area contributed by atoms with Crippen LogP contribution in [0.3, 0.4) is 0 Å². The molecule has 7 heteroatoms. The Kier molecular flexibility index (Phi) is 8.69. The second-order valence-corrected chi connectivity index (χ2v) is 8.90. The summed E-state index contributed by atoms with van der Waals surface area (Å²) in [4.78, 5) is 12.8. The fourth-order valence-corrected chi connectivity index (χ4v) is 3.79. The highest BCUT2D eigenvalue weighted by molar-refractivity contribution is 9.10. The Morgan fingerprint density at radius 1 is 0.919 bits per heavy atom. The summed E-state index contributed by atoms with van der Waals surface area (Å²) in [6, 6.07) is 30.2. The quantitative estimate of drug-likeness (QED) is 0.173. The van der Waals surface area contributed by atoms with Gasteiger partial charge in [-0.25, -0.2) is 4.39 Å². The Hall–Kier alpha value is -4.41. The molecule has 4 aromatic carbocycles. The molecule has 1 N–H and O–H groups in total. The molecular formula is C30H22BrFN2O3. The standard InChI is InChI=1S/C30H22BrFN2O3/c31-25-10-15-29(37-20-22-8-4-5-9-28(22)32)23(17-25)16-24(18-33)30(35)34-26-11-13-27(14-12-26)36-19-21-6-2-1-3-7-21/h1-17H,19-20H2,(H,34,35)/b24-16+. The minimum atomic E-state index is -0.569. The summed E-state index contributed by atoms with van der Waals surface area (Å²) in [5.41, 5.74) is 2.35. The van der Waals surface area contributed by atoms with Crippen LogP contribution in [0.2, 0.25) is 0 Å². The minimum Gasteiger partial charge on any atom is -0.489 e. The lowest BCUT2D eigenvalue weighted by atomic mass is 10.1. The molecule has 0 saturated heterocycles. The highest BCUT2D eigenvalue weighted by atomic mass is 79.9. The van der Waals surface area contributed by atoms with E-state index in [1.807, 2.05) is 36.4 Å². The van der Waals surface area contributed by atoms with Gasteiger partial charge in [-0.1, -0.05) is 64.5 Å². The van der Waals surface area contributed by atoms with Crippen LogP contribution in [0.5, 0.6) is 11.5 Å². The van der Waals surface area contributed by atoms with Crippen molar-refractivity contribution in [1.29, 1.82) is 5.26 Å². The second kappa shape index (κ2) is 12.5. The highest BCUT2D eigenvalue weighted by Gasteiger charge is 2.13. The van der Waals surface area contributed by atoms with Crippen LogP contribution in [0.15, 0.2) is 107 Å². The molecule has 0 bridgehead atoms. The van der Waals surface area contributed by atoms with Crippen LogP contribution in [0.1, 0.15) is 16.7 Å². The topological polar surface area (TPSA) is 71.3 Å². The lowest BCUT2D eigenvalue weighted by Crippen LogP contribution is -2.13. The second-order valence-electron chi connectivity index (χ2n) is 7.98. The zero-order valence-corrected chi connectivity index (χ0v) is 21.2. The number of carbonyl (C=O) groups is 1. The van der Waals surface area contributed by atoms with E-state index in [9.17, 15) is 14.4 Å². The molecule has 0 aliphatic rings.